The third-order valence-electron chi connectivity index (χ3n) is 3.78. The van der Waals surface area contributed by atoms with E-state index in [0.717, 1.165) is 31.9 Å². The van der Waals surface area contributed by atoms with Crippen LogP contribution in [-0.2, 0) is 0 Å². The van der Waals surface area contributed by atoms with Crippen LogP contribution in [0.15, 0.2) is 36.5 Å². The molecular weight excluding hydrogens is 337 g/mol. The average Bonchev–Trinajstić information content (AvgIpc) is 2.57. The maximum Gasteiger partial charge on any atom is 0.258 e. The van der Waals surface area contributed by atoms with Gasteiger partial charge in [-0.05, 0) is 24.3 Å². The molecule has 0 aliphatic carbocycles. The second kappa shape index (κ2) is 7.25. The molecule has 1 aliphatic heterocycles. The number of rotatable bonds is 4. The first-order chi connectivity index (χ1) is 11.1. The van der Waals surface area contributed by atoms with E-state index in [4.69, 9.17) is 27.9 Å². The number of hydrogen-bond donors (Lipinski definition) is 1. The number of benzene rings is 1. The molecule has 3 rings (SSSR count). The highest BCUT2D eigenvalue weighted by atomic mass is 35.5. The van der Waals surface area contributed by atoms with Crippen molar-refractivity contribution < 1.29 is 9.84 Å². The van der Waals surface area contributed by atoms with Crippen LogP contribution >= 0.6 is 23.2 Å². The van der Waals surface area contributed by atoms with Crippen molar-refractivity contribution in [1.29, 1.82) is 0 Å². The molecule has 0 radical (unpaired) electrons. The fourth-order valence-corrected chi connectivity index (χ4v) is 2.92. The lowest BCUT2D eigenvalue weighted by molar-refractivity contribution is 0.113. The summed E-state index contributed by atoms with van der Waals surface area (Å²) in [7, 11) is 0. The molecule has 1 saturated heterocycles. The number of nitrogens with zero attached hydrogens (tertiary/aromatic N) is 3. The number of aromatic hydroxyl groups is 1. The van der Waals surface area contributed by atoms with Gasteiger partial charge in [0, 0.05) is 32.4 Å². The van der Waals surface area contributed by atoms with Crippen LogP contribution in [0.5, 0.6) is 11.6 Å². The van der Waals surface area contributed by atoms with Crippen molar-refractivity contribution >= 4 is 28.9 Å². The van der Waals surface area contributed by atoms with Gasteiger partial charge in [0.15, 0.2) is 5.75 Å². The maximum absolute atomic E-state index is 9.65. The van der Waals surface area contributed by atoms with Gasteiger partial charge in [0.2, 0.25) is 0 Å². The highest BCUT2D eigenvalue weighted by Gasteiger charge is 2.20. The van der Waals surface area contributed by atoms with E-state index in [-0.39, 0.29) is 11.6 Å². The molecule has 1 aromatic carbocycles. The number of hydrogen-bond acceptors (Lipinski definition) is 5. The third-order valence-corrected chi connectivity index (χ3v) is 4.59. The summed E-state index contributed by atoms with van der Waals surface area (Å²) in [6.07, 6.45) is 1.59. The summed E-state index contributed by atoms with van der Waals surface area (Å²) in [5, 5.41) is 10.8. The molecule has 0 unspecified atom stereocenters. The molecule has 5 nitrogen and oxygen atoms in total. The number of piperazine rings is 1. The molecule has 1 fully saturated rings. The molecule has 1 aromatic heterocycles. The predicted octanol–water partition coefficient (Wildman–Crippen LogP) is 3.25. The Morgan fingerprint density at radius 1 is 1.09 bits per heavy atom. The first kappa shape index (κ1) is 16.2. The highest BCUT2D eigenvalue weighted by Crippen LogP contribution is 2.32. The van der Waals surface area contributed by atoms with Crippen LogP contribution in [0.2, 0.25) is 10.0 Å². The van der Waals surface area contributed by atoms with E-state index >= 15 is 0 Å². The summed E-state index contributed by atoms with van der Waals surface area (Å²) in [6.45, 7) is 3.71. The third kappa shape index (κ3) is 3.80. The quantitative estimate of drug-likeness (QED) is 0.914. The minimum atomic E-state index is 0.0526. The van der Waals surface area contributed by atoms with Crippen LogP contribution in [0, 0.1) is 0 Å². The van der Waals surface area contributed by atoms with Crippen molar-refractivity contribution in [1.82, 2.24) is 9.88 Å². The Hall–Kier alpha value is -1.69. The number of aromatic nitrogens is 1. The van der Waals surface area contributed by atoms with Crippen LogP contribution in [-0.4, -0.2) is 47.9 Å². The minimum absolute atomic E-state index is 0.0526. The second-order valence-corrected chi connectivity index (χ2v) is 6.06. The maximum atomic E-state index is 9.65. The Balaban J connectivity index is 1.54. The average molecular weight is 354 g/mol. The Bertz CT molecular complexity index is 676. The zero-order valence-electron chi connectivity index (χ0n) is 12.5. The van der Waals surface area contributed by atoms with Crippen LogP contribution in [0.4, 0.5) is 5.69 Å². The molecule has 0 amide bonds. The largest absolute Gasteiger partial charge is 0.503 e. The number of anilines is 1. The normalized spacial score (nSPS) is 15.7. The van der Waals surface area contributed by atoms with Crippen molar-refractivity contribution in [2.75, 3.05) is 37.8 Å². The molecule has 122 valence electrons. The Kier molecular flexibility index (Phi) is 5.10. The molecule has 7 heteroatoms. The monoisotopic (exact) mass is 353 g/mol. The van der Waals surface area contributed by atoms with Gasteiger partial charge in [0.1, 0.15) is 6.73 Å². The Morgan fingerprint density at radius 2 is 1.87 bits per heavy atom. The Labute approximate surface area is 145 Å². The molecule has 2 aromatic rings. The predicted molar refractivity (Wildman–Crippen MR) is 91.6 cm³/mol. The first-order valence-corrected chi connectivity index (χ1v) is 8.09. The first-order valence-electron chi connectivity index (χ1n) is 7.33. The topological polar surface area (TPSA) is 48.8 Å². The summed E-state index contributed by atoms with van der Waals surface area (Å²) in [5.74, 6) is 0.310. The van der Waals surface area contributed by atoms with Crippen LogP contribution in [0.1, 0.15) is 0 Å². The van der Waals surface area contributed by atoms with Gasteiger partial charge in [-0.15, -0.1) is 0 Å². The van der Waals surface area contributed by atoms with E-state index in [1.807, 2.05) is 12.1 Å². The lowest BCUT2D eigenvalue weighted by Gasteiger charge is -2.36. The lowest BCUT2D eigenvalue weighted by atomic mass is 10.2. The van der Waals surface area contributed by atoms with E-state index < -0.39 is 0 Å². The van der Waals surface area contributed by atoms with Crippen LogP contribution in [0.25, 0.3) is 0 Å². The minimum Gasteiger partial charge on any atom is -0.503 e. The fraction of sp³-hybridized carbons (Fsp3) is 0.312. The zero-order chi connectivity index (χ0) is 16.2. The van der Waals surface area contributed by atoms with Gasteiger partial charge >= 0.3 is 0 Å². The smallest absolute Gasteiger partial charge is 0.258 e. The van der Waals surface area contributed by atoms with Crippen molar-refractivity contribution in [2.45, 2.75) is 0 Å². The van der Waals surface area contributed by atoms with Crippen LogP contribution in [0.3, 0.4) is 0 Å². The fourth-order valence-electron chi connectivity index (χ4n) is 2.50. The van der Waals surface area contributed by atoms with Gasteiger partial charge in [-0.1, -0.05) is 29.3 Å². The molecule has 1 aliphatic rings. The standard InChI is InChI=1S/C16H17Cl2N3O2/c17-12-3-1-4-13(15(12)18)21-9-7-20(8-10-21)11-23-16-14(22)5-2-6-19-16/h1-6,22H,7-11H2. The molecule has 0 atom stereocenters. The molecule has 1 N–H and O–H groups in total. The molecular formula is C16H17Cl2N3O2. The van der Waals surface area contributed by atoms with Crippen LogP contribution < -0.4 is 9.64 Å². The van der Waals surface area contributed by atoms with Crippen molar-refractivity contribution in [3.63, 3.8) is 0 Å². The summed E-state index contributed by atoms with van der Waals surface area (Å²) in [6, 6.07) is 8.89. The molecule has 0 saturated carbocycles. The van der Waals surface area contributed by atoms with E-state index in [0.29, 0.717) is 16.8 Å². The Morgan fingerprint density at radius 3 is 2.61 bits per heavy atom. The van der Waals surface area contributed by atoms with E-state index in [9.17, 15) is 5.11 Å². The SMILES string of the molecule is Oc1cccnc1OCN1CCN(c2cccc(Cl)c2Cl)CC1. The molecule has 2 heterocycles. The summed E-state index contributed by atoms with van der Waals surface area (Å²) < 4.78 is 5.56. The van der Waals surface area contributed by atoms with Gasteiger partial charge in [-0.2, -0.15) is 0 Å². The van der Waals surface area contributed by atoms with Gasteiger partial charge in [0.05, 0.1) is 15.7 Å². The van der Waals surface area contributed by atoms with Gasteiger partial charge in [-0.3, -0.25) is 4.90 Å². The number of ether oxygens (including phenoxy) is 1. The highest BCUT2D eigenvalue weighted by molar-refractivity contribution is 6.43. The number of pyridine rings is 1. The van der Waals surface area contributed by atoms with Gasteiger partial charge < -0.3 is 14.7 Å². The van der Waals surface area contributed by atoms with Gasteiger partial charge in [0.25, 0.3) is 5.88 Å². The van der Waals surface area contributed by atoms with E-state index in [1.165, 1.54) is 0 Å². The van der Waals surface area contributed by atoms with Crippen molar-refractivity contribution in [3.8, 4) is 11.6 Å². The summed E-state index contributed by atoms with van der Waals surface area (Å²) >= 11 is 12.3. The molecule has 23 heavy (non-hydrogen) atoms. The summed E-state index contributed by atoms with van der Waals surface area (Å²) in [5.41, 5.74) is 0.960. The van der Waals surface area contributed by atoms with Crippen molar-refractivity contribution in [2.24, 2.45) is 0 Å². The van der Waals surface area contributed by atoms with Crippen molar-refractivity contribution in [3.05, 3.63) is 46.6 Å². The molecule has 0 spiro atoms. The number of halogens is 2. The summed E-state index contributed by atoms with van der Waals surface area (Å²) in [4.78, 5) is 8.37. The van der Waals surface area contributed by atoms with E-state index in [2.05, 4.69) is 14.8 Å². The zero-order valence-corrected chi connectivity index (χ0v) is 14.0. The molecule has 0 bridgehead atoms. The van der Waals surface area contributed by atoms with E-state index in [1.54, 1.807) is 24.4 Å². The lowest BCUT2D eigenvalue weighted by Crippen LogP contribution is -2.47. The van der Waals surface area contributed by atoms with Gasteiger partial charge in [-0.25, -0.2) is 4.98 Å². The second-order valence-electron chi connectivity index (χ2n) is 5.28.